The molecule has 0 saturated heterocycles. The van der Waals surface area contributed by atoms with E-state index in [0.29, 0.717) is 17.1 Å². The van der Waals surface area contributed by atoms with Crippen LogP contribution in [0.15, 0.2) is 34.7 Å². The fraction of sp³-hybridized carbons (Fsp3) is 0.214. The molecule has 1 aromatic heterocycles. The van der Waals surface area contributed by atoms with E-state index in [2.05, 4.69) is 0 Å². The van der Waals surface area contributed by atoms with Gasteiger partial charge in [-0.05, 0) is 32.0 Å². The van der Waals surface area contributed by atoms with Crippen LogP contribution in [0.3, 0.4) is 0 Å². The summed E-state index contributed by atoms with van der Waals surface area (Å²) in [4.78, 5) is 11.6. The summed E-state index contributed by atoms with van der Waals surface area (Å²) in [7, 11) is 1.60. The van der Waals surface area contributed by atoms with E-state index in [1.165, 1.54) is 6.92 Å². The number of carbonyl (C=O) groups excluding carboxylic acids is 1. The number of carbonyl (C=O) groups is 1. The monoisotopic (exact) mass is 230 g/mol. The van der Waals surface area contributed by atoms with Crippen molar-refractivity contribution in [3.8, 4) is 17.1 Å². The first-order valence-electron chi connectivity index (χ1n) is 5.38. The lowest BCUT2D eigenvalue weighted by Crippen LogP contribution is -1.93. The number of hydrogen-bond donors (Lipinski definition) is 0. The van der Waals surface area contributed by atoms with Gasteiger partial charge >= 0.3 is 0 Å². The summed E-state index contributed by atoms with van der Waals surface area (Å²) >= 11 is 0. The third-order valence-corrected chi connectivity index (χ3v) is 2.59. The highest BCUT2D eigenvalue weighted by Crippen LogP contribution is 2.34. The molecule has 0 spiro atoms. The molecule has 0 radical (unpaired) electrons. The molecule has 0 N–H and O–H groups in total. The molecule has 0 aliphatic carbocycles. The molecule has 0 bridgehead atoms. The summed E-state index contributed by atoms with van der Waals surface area (Å²) in [5.74, 6) is 1.98. The zero-order valence-electron chi connectivity index (χ0n) is 10.1. The number of furan rings is 1. The number of ketones is 1. The molecule has 1 heterocycles. The van der Waals surface area contributed by atoms with Gasteiger partial charge in [-0.15, -0.1) is 0 Å². The second-order valence-corrected chi connectivity index (χ2v) is 3.86. The highest BCUT2D eigenvalue weighted by atomic mass is 16.5. The van der Waals surface area contributed by atoms with Crippen molar-refractivity contribution in [3.63, 3.8) is 0 Å². The van der Waals surface area contributed by atoms with Crippen molar-refractivity contribution in [2.75, 3.05) is 7.11 Å². The Hall–Kier alpha value is -2.03. The standard InChI is InChI=1S/C14H14O3/c1-9-8-12(10(2)15)14(17-9)11-6-4-5-7-13(11)16-3/h4-8H,1-3H3. The van der Waals surface area contributed by atoms with Gasteiger partial charge in [0.05, 0.1) is 18.2 Å². The highest BCUT2D eigenvalue weighted by molar-refractivity contribution is 6.00. The van der Waals surface area contributed by atoms with Crippen LogP contribution in [-0.2, 0) is 0 Å². The van der Waals surface area contributed by atoms with E-state index in [1.807, 2.05) is 31.2 Å². The smallest absolute Gasteiger partial charge is 0.163 e. The van der Waals surface area contributed by atoms with Crippen molar-refractivity contribution in [3.05, 3.63) is 41.7 Å². The molecule has 0 saturated carbocycles. The Labute approximate surface area is 100 Å². The van der Waals surface area contributed by atoms with Crippen molar-refractivity contribution in [2.24, 2.45) is 0 Å². The number of methoxy groups -OCH3 is 1. The molecule has 17 heavy (non-hydrogen) atoms. The Balaban J connectivity index is 2.63. The maximum Gasteiger partial charge on any atom is 0.163 e. The van der Waals surface area contributed by atoms with E-state index in [0.717, 1.165) is 11.3 Å². The van der Waals surface area contributed by atoms with Crippen LogP contribution in [0, 0.1) is 6.92 Å². The summed E-state index contributed by atoms with van der Waals surface area (Å²) in [6.45, 7) is 3.36. The van der Waals surface area contributed by atoms with Crippen LogP contribution >= 0.6 is 0 Å². The van der Waals surface area contributed by atoms with Crippen LogP contribution in [-0.4, -0.2) is 12.9 Å². The van der Waals surface area contributed by atoms with Gasteiger partial charge in [0.25, 0.3) is 0 Å². The molecule has 3 heteroatoms. The van der Waals surface area contributed by atoms with Crippen LogP contribution in [0.25, 0.3) is 11.3 Å². The third kappa shape index (κ3) is 2.09. The summed E-state index contributed by atoms with van der Waals surface area (Å²) < 4.78 is 10.9. The van der Waals surface area contributed by atoms with Gasteiger partial charge in [-0.1, -0.05) is 12.1 Å². The molecule has 0 amide bonds. The third-order valence-electron chi connectivity index (χ3n) is 2.59. The van der Waals surface area contributed by atoms with Gasteiger partial charge in [0.2, 0.25) is 0 Å². The van der Waals surface area contributed by atoms with Crippen LogP contribution in [0.4, 0.5) is 0 Å². The van der Waals surface area contributed by atoms with Gasteiger partial charge in [0.1, 0.15) is 17.3 Å². The van der Waals surface area contributed by atoms with E-state index < -0.39 is 0 Å². The summed E-state index contributed by atoms with van der Waals surface area (Å²) in [6, 6.07) is 9.25. The first kappa shape index (κ1) is 11.5. The average molecular weight is 230 g/mol. The van der Waals surface area contributed by atoms with Gasteiger partial charge in [-0.3, -0.25) is 4.79 Å². The quantitative estimate of drug-likeness (QED) is 0.758. The number of benzene rings is 1. The van der Waals surface area contributed by atoms with Crippen LogP contribution in [0.5, 0.6) is 5.75 Å². The molecule has 88 valence electrons. The summed E-state index contributed by atoms with van der Waals surface area (Å²) in [5.41, 5.74) is 1.39. The Morgan fingerprint density at radius 3 is 2.65 bits per heavy atom. The number of Topliss-reactive ketones (excluding diaryl/α,β-unsaturated/α-hetero) is 1. The van der Waals surface area contributed by atoms with E-state index in [-0.39, 0.29) is 5.78 Å². The first-order valence-corrected chi connectivity index (χ1v) is 5.38. The Kier molecular flexibility index (Phi) is 3.00. The predicted octanol–water partition coefficient (Wildman–Crippen LogP) is 3.47. The SMILES string of the molecule is COc1ccccc1-c1oc(C)cc1C(C)=O. The Bertz CT molecular complexity index is 552. The van der Waals surface area contributed by atoms with Crippen LogP contribution < -0.4 is 4.74 Å². The molecule has 2 aromatic rings. The maximum absolute atomic E-state index is 11.6. The molecule has 0 unspecified atom stereocenters. The fourth-order valence-corrected chi connectivity index (χ4v) is 1.81. The van der Waals surface area contributed by atoms with Crippen molar-refractivity contribution < 1.29 is 13.9 Å². The van der Waals surface area contributed by atoms with Crippen molar-refractivity contribution in [1.29, 1.82) is 0 Å². The molecule has 0 fully saturated rings. The topological polar surface area (TPSA) is 39.4 Å². The number of hydrogen-bond acceptors (Lipinski definition) is 3. The highest BCUT2D eigenvalue weighted by Gasteiger charge is 2.17. The summed E-state index contributed by atoms with van der Waals surface area (Å²) in [5, 5.41) is 0. The number of para-hydroxylation sites is 1. The minimum Gasteiger partial charge on any atom is -0.496 e. The minimum atomic E-state index is -0.0113. The predicted molar refractivity (Wildman–Crippen MR) is 65.4 cm³/mol. The summed E-state index contributed by atoms with van der Waals surface area (Å²) in [6.07, 6.45) is 0. The van der Waals surface area contributed by atoms with Gasteiger partial charge in [-0.2, -0.15) is 0 Å². The molecular weight excluding hydrogens is 216 g/mol. The van der Waals surface area contributed by atoms with Gasteiger partial charge < -0.3 is 9.15 Å². The second-order valence-electron chi connectivity index (χ2n) is 3.86. The molecule has 0 atom stereocenters. The zero-order chi connectivity index (χ0) is 12.4. The van der Waals surface area contributed by atoms with Crippen molar-refractivity contribution >= 4 is 5.78 Å². The van der Waals surface area contributed by atoms with E-state index in [9.17, 15) is 4.79 Å². The van der Waals surface area contributed by atoms with Crippen LogP contribution in [0.2, 0.25) is 0 Å². The lowest BCUT2D eigenvalue weighted by Gasteiger charge is -2.06. The molecule has 3 nitrogen and oxygen atoms in total. The molecule has 2 rings (SSSR count). The minimum absolute atomic E-state index is 0.0113. The zero-order valence-corrected chi connectivity index (χ0v) is 10.1. The second kappa shape index (κ2) is 4.45. The number of rotatable bonds is 3. The lowest BCUT2D eigenvalue weighted by atomic mass is 10.1. The van der Waals surface area contributed by atoms with E-state index >= 15 is 0 Å². The normalized spacial score (nSPS) is 10.3. The van der Waals surface area contributed by atoms with Crippen molar-refractivity contribution in [2.45, 2.75) is 13.8 Å². The van der Waals surface area contributed by atoms with Crippen molar-refractivity contribution in [1.82, 2.24) is 0 Å². The first-order chi connectivity index (χ1) is 8.13. The maximum atomic E-state index is 11.6. The molecule has 0 aliphatic rings. The average Bonchev–Trinajstić information content (AvgIpc) is 2.71. The molecule has 0 aliphatic heterocycles. The number of aryl methyl sites for hydroxylation is 1. The lowest BCUT2D eigenvalue weighted by molar-refractivity contribution is 0.101. The molecule has 1 aromatic carbocycles. The van der Waals surface area contributed by atoms with Gasteiger partial charge in [0, 0.05) is 0 Å². The van der Waals surface area contributed by atoms with E-state index in [4.69, 9.17) is 9.15 Å². The van der Waals surface area contributed by atoms with Gasteiger partial charge in [0.15, 0.2) is 5.78 Å². The largest absolute Gasteiger partial charge is 0.496 e. The van der Waals surface area contributed by atoms with E-state index in [1.54, 1.807) is 13.2 Å². The number of ether oxygens (including phenoxy) is 1. The Morgan fingerprint density at radius 1 is 1.29 bits per heavy atom. The Morgan fingerprint density at radius 2 is 2.00 bits per heavy atom. The van der Waals surface area contributed by atoms with Crippen LogP contribution in [0.1, 0.15) is 23.0 Å². The van der Waals surface area contributed by atoms with Gasteiger partial charge in [-0.25, -0.2) is 0 Å². The fourth-order valence-electron chi connectivity index (χ4n) is 1.81. The molecular formula is C14H14O3.